The van der Waals surface area contributed by atoms with Crippen LogP contribution < -0.4 is 14.8 Å². The summed E-state index contributed by atoms with van der Waals surface area (Å²) in [5.41, 5.74) is 0.990. The van der Waals surface area contributed by atoms with Crippen LogP contribution in [0.3, 0.4) is 0 Å². The summed E-state index contributed by atoms with van der Waals surface area (Å²) in [5, 5.41) is 2.36. The second kappa shape index (κ2) is 5.15. The van der Waals surface area contributed by atoms with Crippen LogP contribution in [0.25, 0.3) is 0 Å². The van der Waals surface area contributed by atoms with Crippen molar-refractivity contribution in [3.63, 3.8) is 0 Å². The zero-order valence-corrected chi connectivity index (χ0v) is 11.3. The summed E-state index contributed by atoms with van der Waals surface area (Å²) >= 11 is 0. The Hall–Kier alpha value is -2.04. The van der Waals surface area contributed by atoms with Gasteiger partial charge in [-0.25, -0.2) is 0 Å². The first kappa shape index (κ1) is 13.0. The fourth-order valence-electron chi connectivity index (χ4n) is 2.67. The monoisotopic (exact) mass is 275 g/mol. The maximum Gasteiger partial charge on any atom is 0.230 e. The van der Waals surface area contributed by atoms with Crippen molar-refractivity contribution in [3.05, 3.63) is 23.8 Å². The van der Waals surface area contributed by atoms with Crippen LogP contribution in [0.4, 0.5) is 0 Å². The summed E-state index contributed by atoms with van der Waals surface area (Å²) < 4.78 is 11.2. The second-order valence-corrected chi connectivity index (χ2v) is 5.27. The molecule has 2 aliphatic heterocycles. The van der Waals surface area contributed by atoms with Gasteiger partial charge in [-0.05, 0) is 23.6 Å². The second-order valence-electron chi connectivity index (χ2n) is 5.27. The number of hydrogen-bond donors (Lipinski definition) is 1. The van der Waals surface area contributed by atoms with E-state index >= 15 is 0 Å². The van der Waals surface area contributed by atoms with Crippen LogP contribution in [0.1, 0.15) is 31.2 Å². The lowest BCUT2D eigenvalue weighted by atomic mass is 9.86. The van der Waals surface area contributed by atoms with Gasteiger partial charge in [-0.3, -0.25) is 14.9 Å². The van der Waals surface area contributed by atoms with Crippen molar-refractivity contribution in [3.8, 4) is 11.5 Å². The standard InChI is InChI=1S/C15H17NO4/c1-9(11-8-14(17)16-15(11)18)10-3-4-12-13(7-10)20-6-2-5-19-12/h3-4,7,9,11H,2,5-6,8H2,1H3,(H,16,17,18). The van der Waals surface area contributed by atoms with E-state index in [2.05, 4.69) is 5.32 Å². The molecule has 2 aliphatic rings. The third-order valence-electron chi connectivity index (χ3n) is 3.91. The average molecular weight is 275 g/mol. The number of carbonyl (C=O) groups is 2. The van der Waals surface area contributed by atoms with Crippen LogP contribution in [0.2, 0.25) is 0 Å². The highest BCUT2D eigenvalue weighted by Crippen LogP contribution is 2.36. The lowest BCUT2D eigenvalue weighted by Crippen LogP contribution is -2.24. The number of nitrogens with one attached hydrogen (secondary N) is 1. The van der Waals surface area contributed by atoms with Crippen LogP contribution >= 0.6 is 0 Å². The molecular formula is C15H17NO4. The van der Waals surface area contributed by atoms with E-state index in [-0.39, 0.29) is 30.1 Å². The predicted molar refractivity (Wildman–Crippen MR) is 71.7 cm³/mol. The molecule has 0 aromatic heterocycles. The van der Waals surface area contributed by atoms with Gasteiger partial charge in [-0.1, -0.05) is 13.0 Å². The van der Waals surface area contributed by atoms with E-state index in [0.717, 1.165) is 23.5 Å². The molecule has 2 atom stereocenters. The van der Waals surface area contributed by atoms with E-state index in [1.165, 1.54) is 0 Å². The molecule has 0 saturated carbocycles. The van der Waals surface area contributed by atoms with Crippen molar-refractivity contribution in [2.24, 2.45) is 5.92 Å². The first-order valence-corrected chi connectivity index (χ1v) is 6.88. The zero-order valence-electron chi connectivity index (χ0n) is 11.3. The molecule has 1 fully saturated rings. The summed E-state index contributed by atoms with van der Waals surface area (Å²) in [5.74, 6) is 0.753. The molecule has 0 radical (unpaired) electrons. The SMILES string of the molecule is CC(c1ccc2c(c1)OCCCO2)C1CC(=O)NC1=O. The van der Waals surface area contributed by atoms with Gasteiger partial charge in [0.1, 0.15) is 0 Å². The molecule has 1 aromatic carbocycles. The Morgan fingerprint density at radius 1 is 1.20 bits per heavy atom. The molecule has 0 spiro atoms. The van der Waals surface area contributed by atoms with Gasteiger partial charge in [0, 0.05) is 12.8 Å². The van der Waals surface area contributed by atoms with Gasteiger partial charge in [0.05, 0.1) is 19.1 Å². The Morgan fingerprint density at radius 3 is 2.65 bits per heavy atom. The molecule has 1 N–H and O–H groups in total. The van der Waals surface area contributed by atoms with E-state index in [1.807, 2.05) is 25.1 Å². The van der Waals surface area contributed by atoms with E-state index in [1.54, 1.807) is 0 Å². The highest BCUT2D eigenvalue weighted by Gasteiger charge is 2.35. The lowest BCUT2D eigenvalue weighted by Gasteiger charge is -2.18. The smallest absolute Gasteiger partial charge is 0.230 e. The molecule has 0 bridgehead atoms. The third kappa shape index (κ3) is 2.35. The summed E-state index contributed by atoms with van der Waals surface area (Å²) in [6, 6.07) is 5.73. The molecule has 106 valence electrons. The molecule has 20 heavy (non-hydrogen) atoms. The van der Waals surface area contributed by atoms with Crippen LogP contribution in [0, 0.1) is 5.92 Å². The minimum Gasteiger partial charge on any atom is -0.490 e. The van der Waals surface area contributed by atoms with Gasteiger partial charge in [0.25, 0.3) is 0 Å². The van der Waals surface area contributed by atoms with Crippen molar-refractivity contribution >= 4 is 11.8 Å². The highest BCUT2D eigenvalue weighted by molar-refractivity contribution is 6.03. The maximum absolute atomic E-state index is 11.8. The largest absolute Gasteiger partial charge is 0.490 e. The van der Waals surface area contributed by atoms with Gasteiger partial charge < -0.3 is 9.47 Å². The molecule has 1 saturated heterocycles. The summed E-state index contributed by atoms with van der Waals surface area (Å²) in [6.45, 7) is 3.25. The van der Waals surface area contributed by atoms with Crippen LogP contribution in [-0.4, -0.2) is 25.0 Å². The van der Waals surface area contributed by atoms with E-state index in [4.69, 9.17) is 9.47 Å². The van der Waals surface area contributed by atoms with Crippen LogP contribution in [0.5, 0.6) is 11.5 Å². The van der Waals surface area contributed by atoms with Crippen molar-refractivity contribution < 1.29 is 19.1 Å². The number of fused-ring (bicyclic) bond motifs is 1. The molecule has 2 amide bonds. The summed E-state index contributed by atoms with van der Waals surface area (Å²) in [4.78, 5) is 23.1. The van der Waals surface area contributed by atoms with E-state index in [9.17, 15) is 9.59 Å². The topological polar surface area (TPSA) is 64.6 Å². The molecule has 0 aliphatic carbocycles. The minimum atomic E-state index is -0.299. The maximum atomic E-state index is 11.8. The van der Waals surface area contributed by atoms with Crippen molar-refractivity contribution in [1.29, 1.82) is 0 Å². The predicted octanol–water partition coefficient (Wildman–Crippen LogP) is 1.61. The zero-order chi connectivity index (χ0) is 14.1. The number of ether oxygens (including phenoxy) is 2. The van der Waals surface area contributed by atoms with Gasteiger partial charge in [-0.2, -0.15) is 0 Å². The lowest BCUT2D eigenvalue weighted by molar-refractivity contribution is -0.126. The molecule has 2 unspecified atom stereocenters. The number of benzene rings is 1. The minimum absolute atomic E-state index is 0.0291. The average Bonchev–Trinajstić information content (AvgIpc) is 2.65. The summed E-state index contributed by atoms with van der Waals surface area (Å²) in [7, 11) is 0. The number of carbonyl (C=O) groups excluding carboxylic acids is 2. The Labute approximate surface area is 117 Å². The normalized spacial score (nSPS) is 23.1. The number of hydrogen-bond acceptors (Lipinski definition) is 4. The number of rotatable bonds is 2. The van der Waals surface area contributed by atoms with Gasteiger partial charge in [-0.15, -0.1) is 0 Å². The molecule has 2 heterocycles. The molecule has 3 rings (SSSR count). The highest BCUT2D eigenvalue weighted by atomic mass is 16.5. The molecule has 1 aromatic rings. The molecular weight excluding hydrogens is 258 g/mol. The Morgan fingerprint density at radius 2 is 1.95 bits per heavy atom. The number of imide groups is 1. The van der Waals surface area contributed by atoms with Crippen LogP contribution in [-0.2, 0) is 9.59 Å². The molecule has 5 nitrogen and oxygen atoms in total. The fourth-order valence-corrected chi connectivity index (χ4v) is 2.67. The Balaban J connectivity index is 1.85. The fraction of sp³-hybridized carbons (Fsp3) is 0.467. The van der Waals surface area contributed by atoms with Gasteiger partial charge >= 0.3 is 0 Å². The first-order chi connectivity index (χ1) is 9.65. The quantitative estimate of drug-likeness (QED) is 0.833. The Bertz CT molecular complexity index is 555. The van der Waals surface area contributed by atoms with Gasteiger partial charge in [0.15, 0.2) is 11.5 Å². The van der Waals surface area contributed by atoms with Gasteiger partial charge in [0.2, 0.25) is 11.8 Å². The van der Waals surface area contributed by atoms with Crippen molar-refractivity contribution in [2.75, 3.05) is 13.2 Å². The third-order valence-corrected chi connectivity index (χ3v) is 3.91. The molecule has 5 heteroatoms. The van der Waals surface area contributed by atoms with E-state index in [0.29, 0.717) is 13.2 Å². The van der Waals surface area contributed by atoms with Crippen molar-refractivity contribution in [1.82, 2.24) is 5.32 Å². The summed E-state index contributed by atoms with van der Waals surface area (Å²) in [6.07, 6.45) is 1.12. The number of amides is 2. The Kier molecular flexibility index (Phi) is 3.34. The van der Waals surface area contributed by atoms with Crippen molar-refractivity contribution in [2.45, 2.75) is 25.7 Å². The first-order valence-electron chi connectivity index (χ1n) is 6.88. The van der Waals surface area contributed by atoms with Crippen LogP contribution in [0.15, 0.2) is 18.2 Å². The van der Waals surface area contributed by atoms with E-state index < -0.39 is 0 Å².